The van der Waals surface area contributed by atoms with Crippen LogP contribution in [-0.4, -0.2) is 68.5 Å². The number of nitrogens with zero attached hydrogens (tertiary/aromatic N) is 1. The van der Waals surface area contributed by atoms with E-state index >= 15 is 0 Å². The zero-order chi connectivity index (χ0) is 21.3. The normalized spacial score (nSPS) is 12.1. The monoisotopic (exact) mass is 393 g/mol. The number of rotatable bonds is 9. The summed E-state index contributed by atoms with van der Waals surface area (Å²) in [6, 6.07) is 7.05. The zero-order valence-electron chi connectivity index (χ0n) is 17.7. The number of quaternary nitrogens is 1. The molecule has 3 N–H and O–H groups in total. The number of nitrogens with one attached hydrogen (secondary N) is 3. The van der Waals surface area contributed by atoms with Crippen molar-refractivity contribution in [3.05, 3.63) is 24.3 Å². The Morgan fingerprint density at radius 2 is 1.68 bits per heavy atom. The second-order valence-corrected chi connectivity index (χ2v) is 7.78. The van der Waals surface area contributed by atoms with Crippen LogP contribution in [0.2, 0.25) is 0 Å². The zero-order valence-corrected chi connectivity index (χ0v) is 17.7. The van der Waals surface area contributed by atoms with Crippen molar-refractivity contribution in [2.75, 3.05) is 45.7 Å². The molecule has 1 unspecified atom stereocenters. The van der Waals surface area contributed by atoms with Gasteiger partial charge in [-0.1, -0.05) is 0 Å². The molecule has 8 heteroatoms. The number of methoxy groups -OCH3 is 1. The molecular weight excluding hydrogens is 360 g/mol. The molecule has 0 fully saturated rings. The Hall–Kier alpha value is -2.61. The second kappa shape index (κ2) is 10.7. The molecule has 0 aliphatic heterocycles. The Kier molecular flexibility index (Phi) is 8.91. The van der Waals surface area contributed by atoms with Crippen molar-refractivity contribution < 1.29 is 24.0 Å². The maximum atomic E-state index is 12.4. The van der Waals surface area contributed by atoms with Crippen LogP contribution >= 0.6 is 0 Å². The van der Waals surface area contributed by atoms with Gasteiger partial charge in [0.15, 0.2) is 13.1 Å². The highest BCUT2D eigenvalue weighted by molar-refractivity contribution is 5.91. The third-order valence-corrected chi connectivity index (χ3v) is 4.01. The molecule has 0 spiro atoms. The van der Waals surface area contributed by atoms with Gasteiger partial charge in [0.1, 0.15) is 5.75 Å². The molecule has 0 bridgehead atoms. The number of hydrogen-bond donors (Lipinski definition) is 3. The van der Waals surface area contributed by atoms with Crippen LogP contribution in [0.4, 0.5) is 5.69 Å². The largest absolute Gasteiger partial charge is 0.497 e. The third-order valence-electron chi connectivity index (χ3n) is 4.01. The average molecular weight is 394 g/mol. The Balaban J connectivity index is 2.51. The second-order valence-electron chi connectivity index (χ2n) is 7.78. The SMILES string of the molecule is CC[NH+](CC(=O)Nc1ccc(OC)cc1)CC(=O)N(C)CC(=O)NC(C)(C)C. The number of benzene rings is 1. The molecule has 0 saturated carbocycles. The van der Waals surface area contributed by atoms with Crippen molar-refractivity contribution in [1.29, 1.82) is 0 Å². The van der Waals surface area contributed by atoms with Crippen molar-refractivity contribution in [3.8, 4) is 5.75 Å². The van der Waals surface area contributed by atoms with Crippen LogP contribution in [0.25, 0.3) is 0 Å². The van der Waals surface area contributed by atoms with Gasteiger partial charge in [-0.3, -0.25) is 14.4 Å². The maximum Gasteiger partial charge on any atom is 0.279 e. The fourth-order valence-electron chi connectivity index (χ4n) is 2.53. The molecule has 156 valence electrons. The number of likely N-dealkylation sites (N-methyl/N-ethyl adjacent to an activating group) is 2. The number of carbonyl (C=O) groups is 3. The highest BCUT2D eigenvalue weighted by Crippen LogP contribution is 2.14. The van der Waals surface area contributed by atoms with Crippen molar-refractivity contribution in [2.24, 2.45) is 0 Å². The summed E-state index contributed by atoms with van der Waals surface area (Å²) >= 11 is 0. The summed E-state index contributed by atoms with van der Waals surface area (Å²) in [6.07, 6.45) is 0. The minimum Gasteiger partial charge on any atom is -0.497 e. The van der Waals surface area contributed by atoms with Crippen molar-refractivity contribution in [2.45, 2.75) is 33.2 Å². The third kappa shape index (κ3) is 8.85. The molecule has 1 aromatic rings. The first-order valence-electron chi connectivity index (χ1n) is 9.36. The van der Waals surface area contributed by atoms with E-state index in [-0.39, 0.29) is 42.9 Å². The summed E-state index contributed by atoms with van der Waals surface area (Å²) in [5, 5.41) is 5.64. The molecule has 0 heterocycles. The summed E-state index contributed by atoms with van der Waals surface area (Å²) in [6.45, 7) is 8.48. The molecule has 0 aromatic heterocycles. The van der Waals surface area contributed by atoms with E-state index in [0.29, 0.717) is 18.0 Å². The number of ether oxygens (including phenoxy) is 1. The number of carbonyl (C=O) groups excluding carboxylic acids is 3. The van der Waals surface area contributed by atoms with Crippen LogP contribution in [0.3, 0.4) is 0 Å². The Morgan fingerprint density at radius 3 is 2.18 bits per heavy atom. The van der Waals surface area contributed by atoms with Crippen LogP contribution in [0, 0.1) is 0 Å². The summed E-state index contributed by atoms with van der Waals surface area (Å²) in [5.74, 6) is 0.141. The fraction of sp³-hybridized carbons (Fsp3) is 0.550. The Bertz CT molecular complexity index is 668. The van der Waals surface area contributed by atoms with Gasteiger partial charge in [0.25, 0.3) is 11.8 Å². The van der Waals surface area contributed by atoms with Crippen molar-refractivity contribution in [1.82, 2.24) is 10.2 Å². The lowest BCUT2D eigenvalue weighted by Gasteiger charge is -2.24. The van der Waals surface area contributed by atoms with Gasteiger partial charge in [0, 0.05) is 18.3 Å². The minimum absolute atomic E-state index is 0.00879. The molecule has 0 radical (unpaired) electrons. The average Bonchev–Trinajstić information content (AvgIpc) is 2.59. The van der Waals surface area contributed by atoms with E-state index in [0.717, 1.165) is 4.90 Å². The van der Waals surface area contributed by atoms with E-state index in [4.69, 9.17) is 4.74 Å². The maximum absolute atomic E-state index is 12.4. The van der Waals surface area contributed by atoms with E-state index < -0.39 is 0 Å². The van der Waals surface area contributed by atoms with Gasteiger partial charge in [-0.25, -0.2) is 0 Å². The molecule has 0 saturated heterocycles. The molecule has 0 aliphatic rings. The predicted molar refractivity (Wildman–Crippen MR) is 108 cm³/mol. The van der Waals surface area contributed by atoms with Gasteiger partial charge in [-0.2, -0.15) is 0 Å². The topological polar surface area (TPSA) is 92.2 Å². The summed E-state index contributed by atoms with van der Waals surface area (Å²) in [7, 11) is 3.17. The van der Waals surface area contributed by atoms with Gasteiger partial charge in [-0.15, -0.1) is 0 Å². The highest BCUT2D eigenvalue weighted by atomic mass is 16.5. The predicted octanol–water partition coefficient (Wildman–Crippen LogP) is -0.0884. The first-order chi connectivity index (χ1) is 13.0. The van der Waals surface area contributed by atoms with E-state index in [1.54, 1.807) is 38.4 Å². The first-order valence-corrected chi connectivity index (χ1v) is 9.36. The van der Waals surface area contributed by atoms with E-state index in [1.165, 1.54) is 4.90 Å². The van der Waals surface area contributed by atoms with E-state index in [9.17, 15) is 14.4 Å². The van der Waals surface area contributed by atoms with Crippen LogP contribution in [0.1, 0.15) is 27.7 Å². The Morgan fingerprint density at radius 1 is 1.07 bits per heavy atom. The molecule has 1 rings (SSSR count). The van der Waals surface area contributed by atoms with Crippen LogP contribution in [-0.2, 0) is 14.4 Å². The first kappa shape index (κ1) is 23.4. The quantitative estimate of drug-likeness (QED) is 0.547. The van der Waals surface area contributed by atoms with E-state index in [2.05, 4.69) is 10.6 Å². The van der Waals surface area contributed by atoms with Crippen LogP contribution < -0.4 is 20.3 Å². The van der Waals surface area contributed by atoms with Crippen molar-refractivity contribution >= 4 is 23.4 Å². The molecule has 0 aliphatic carbocycles. The summed E-state index contributed by atoms with van der Waals surface area (Å²) in [5.41, 5.74) is 0.324. The van der Waals surface area contributed by atoms with Gasteiger partial charge >= 0.3 is 0 Å². The van der Waals surface area contributed by atoms with Crippen LogP contribution in [0.15, 0.2) is 24.3 Å². The molecule has 28 heavy (non-hydrogen) atoms. The highest BCUT2D eigenvalue weighted by Gasteiger charge is 2.22. The number of hydrogen-bond acceptors (Lipinski definition) is 4. The molecule has 8 nitrogen and oxygen atoms in total. The minimum atomic E-state index is -0.346. The van der Waals surface area contributed by atoms with E-state index in [1.807, 2.05) is 27.7 Å². The van der Waals surface area contributed by atoms with Crippen LogP contribution in [0.5, 0.6) is 5.75 Å². The lowest BCUT2D eigenvalue weighted by molar-refractivity contribution is -0.881. The summed E-state index contributed by atoms with van der Waals surface area (Å²) in [4.78, 5) is 38.8. The number of anilines is 1. The van der Waals surface area contributed by atoms with Gasteiger partial charge in [0.05, 0.1) is 20.2 Å². The molecule has 3 amide bonds. The molecular formula is C20H33N4O4+. The van der Waals surface area contributed by atoms with Gasteiger partial charge in [-0.05, 0) is 52.0 Å². The van der Waals surface area contributed by atoms with Gasteiger partial charge in [0.2, 0.25) is 5.91 Å². The Labute approximate surface area is 167 Å². The molecule has 1 aromatic carbocycles. The lowest BCUT2D eigenvalue weighted by atomic mass is 10.1. The lowest BCUT2D eigenvalue weighted by Crippen LogP contribution is -3.13. The van der Waals surface area contributed by atoms with Crippen molar-refractivity contribution in [3.63, 3.8) is 0 Å². The smallest absolute Gasteiger partial charge is 0.279 e. The standard InChI is InChI=1S/C20H32N4O4/c1-7-24(13-17(25)21-15-8-10-16(28-6)11-9-15)14-19(27)23(5)12-18(26)22-20(2,3)4/h8-11H,7,12-14H2,1-6H3,(H,21,25)(H,22,26)/p+1. The van der Waals surface area contributed by atoms with Gasteiger partial charge < -0.3 is 25.2 Å². The summed E-state index contributed by atoms with van der Waals surface area (Å²) < 4.78 is 5.09. The number of amides is 3. The molecule has 1 atom stereocenters. The fourth-order valence-corrected chi connectivity index (χ4v) is 2.53.